The van der Waals surface area contributed by atoms with E-state index in [4.69, 9.17) is 0 Å². The number of rotatable bonds is 5. The maximum Gasteiger partial charge on any atom is 0.246 e. The van der Waals surface area contributed by atoms with Crippen LogP contribution in [-0.4, -0.2) is 29.8 Å². The van der Waals surface area contributed by atoms with E-state index in [1.807, 2.05) is 30.3 Å². The highest BCUT2D eigenvalue weighted by atomic mass is 19.1. The van der Waals surface area contributed by atoms with E-state index in [-0.39, 0.29) is 29.6 Å². The second kappa shape index (κ2) is 9.31. The molecule has 2 amide bonds. The fourth-order valence-electron chi connectivity index (χ4n) is 3.43. The van der Waals surface area contributed by atoms with Gasteiger partial charge in [-0.3, -0.25) is 9.59 Å². The lowest BCUT2D eigenvalue weighted by atomic mass is 9.95. The Morgan fingerprint density at radius 3 is 2.39 bits per heavy atom. The Hall–Kier alpha value is -2.95. The molecule has 1 aliphatic heterocycles. The molecule has 1 saturated heterocycles. The molecular formula is C23H25FN2O2. The van der Waals surface area contributed by atoms with Gasteiger partial charge in [-0.05, 0) is 37.5 Å². The Morgan fingerprint density at radius 2 is 1.71 bits per heavy atom. The fourth-order valence-corrected chi connectivity index (χ4v) is 3.43. The molecule has 1 atom stereocenters. The third-order valence-electron chi connectivity index (χ3n) is 5.13. The van der Waals surface area contributed by atoms with E-state index in [0.717, 1.165) is 5.56 Å². The fraction of sp³-hybridized carbons (Fsp3) is 0.304. The van der Waals surface area contributed by atoms with E-state index < -0.39 is 0 Å². The molecule has 0 aromatic heterocycles. The predicted octanol–water partition coefficient (Wildman–Crippen LogP) is 3.95. The number of nitrogens with zero attached hydrogens (tertiary/aromatic N) is 1. The second-order valence-electron chi connectivity index (χ2n) is 7.10. The van der Waals surface area contributed by atoms with E-state index >= 15 is 0 Å². The Bertz CT molecular complexity index is 843. The molecule has 1 unspecified atom stereocenters. The van der Waals surface area contributed by atoms with Gasteiger partial charge in [0.05, 0.1) is 6.04 Å². The molecule has 146 valence electrons. The van der Waals surface area contributed by atoms with Gasteiger partial charge in [-0.15, -0.1) is 0 Å². The van der Waals surface area contributed by atoms with Gasteiger partial charge >= 0.3 is 0 Å². The van der Waals surface area contributed by atoms with Crippen LogP contribution in [0.1, 0.15) is 36.9 Å². The van der Waals surface area contributed by atoms with Gasteiger partial charge in [0.2, 0.25) is 11.8 Å². The number of piperidine rings is 1. The van der Waals surface area contributed by atoms with Gasteiger partial charge in [-0.25, -0.2) is 4.39 Å². The molecule has 2 aromatic rings. The molecule has 28 heavy (non-hydrogen) atoms. The number of amides is 2. The van der Waals surface area contributed by atoms with Crippen LogP contribution in [0.25, 0.3) is 6.08 Å². The van der Waals surface area contributed by atoms with Gasteiger partial charge in [0.1, 0.15) is 5.82 Å². The van der Waals surface area contributed by atoms with Crippen LogP contribution < -0.4 is 5.32 Å². The summed E-state index contributed by atoms with van der Waals surface area (Å²) >= 11 is 0. The summed E-state index contributed by atoms with van der Waals surface area (Å²) in [4.78, 5) is 26.6. The number of hydrogen-bond acceptors (Lipinski definition) is 2. The Labute approximate surface area is 165 Å². The van der Waals surface area contributed by atoms with E-state index in [1.54, 1.807) is 42.2 Å². The predicted molar refractivity (Wildman–Crippen MR) is 108 cm³/mol. The van der Waals surface area contributed by atoms with Crippen LogP contribution in [-0.2, 0) is 9.59 Å². The summed E-state index contributed by atoms with van der Waals surface area (Å²) in [5.41, 5.74) is 1.46. The van der Waals surface area contributed by atoms with Crippen LogP contribution in [0.15, 0.2) is 60.7 Å². The minimum absolute atomic E-state index is 0.0394. The summed E-state index contributed by atoms with van der Waals surface area (Å²) in [6.07, 6.45) is 4.61. The van der Waals surface area contributed by atoms with Crippen molar-refractivity contribution >= 4 is 17.9 Å². The van der Waals surface area contributed by atoms with E-state index in [0.29, 0.717) is 31.5 Å². The molecule has 0 spiro atoms. The highest BCUT2D eigenvalue weighted by Gasteiger charge is 2.27. The summed E-state index contributed by atoms with van der Waals surface area (Å²) < 4.78 is 13.9. The summed E-state index contributed by atoms with van der Waals surface area (Å²) in [6.45, 7) is 2.87. The smallest absolute Gasteiger partial charge is 0.246 e. The number of carbonyl (C=O) groups excluding carboxylic acids is 2. The molecular weight excluding hydrogens is 355 g/mol. The van der Waals surface area contributed by atoms with Crippen molar-refractivity contribution in [3.05, 3.63) is 77.6 Å². The van der Waals surface area contributed by atoms with Gasteiger partial charge in [0.25, 0.3) is 0 Å². The zero-order valence-electron chi connectivity index (χ0n) is 16.0. The molecule has 0 radical (unpaired) electrons. The number of nitrogens with one attached hydrogen (secondary N) is 1. The van der Waals surface area contributed by atoms with Crippen molar-refractivity contribution in [1.82, 2.24) is 10.2 Å². The summed E-state index contributed by atoms with van der Waals surface area (Å²) in [6, 6.07) is 15.7. The average Bonchev–Trinajstić information content (AvgIpc) is 2.73. The Morgan fingerprint density at radius 1 is 1.07 bits per heavy atom. The minimum atomic E-state index is -0.387. The number of hydrogen-bond donors (Lipinski definition) is 1. The van der Waals surface area contributed by atoms with E-state index in [2.05, 4.69) is 5.32 Å². The minimum Gasteiger partial charge on any atom is -0.349 e. The highest BCUT2D eigenvalue weighted by molar-refractivity contribution is 5.92. The normalized spacial score (nSPS) is 16.1. The Kier molecular flexibility index (Phi) is 6.58. The maximum atomic E-state index is 13.9. The molecule has 1 fully saturated rings. The SMILES string of the molecule is CC(NC(=O)C1CCN(C(=O)C=Cc2ccccc2)CC1)c1ccccc1F. The standard InChI is InChI=1S/C23H25FN2O2/c1-17(20-9-5-6-10-21(20)24)25-23(28)19-13-15-26(16-14-19)22(27)12-11-18-7-3-2-4-8-18/h2-12,17,19H,13-16H2,1H3,(H,25,28). The van der Waals surface area contributed by atoms with Gasteiger partial charge in [0.15, 0.2) is 0 Å². The Balaban J connectivity index is 1.49. The van der Waals surface area contributed by atoms with Crippen molar-refractivity contribution in [2.45, 2.75) is 25.8 Å². The summed E-state index contributed by atoms with van der Waals surface area (Å²) in [7, 11) is 0. The van der Waals surface area contributed by atoms with Crippen LogP contribution in [0.5, 0.6) is 0 Å². The van der Waals surface area contributed by atoms with Crippen LogP contribution >= 0.6 is 0 Å². The first-order valence-corrected chi connectivity index (χ1v) is 9.61. The van der Waals surface area contributed by atoms with Crippen molar-refractivity contribution in [2.24, 2.45) is 5.92 Å². The third kappa shape index (κ3) is 5.06. The van der Waals surface area contributed by atoms with Gasteiger partial charge in [-0.2, -0.15) is 0 Å². The average molecular weight is 380 g/mol. The quantitative estimate of drug-likeness (QED) is 0.799. The lowest BCUT2D eigenvalue weighted by Crippen LogP contribution is -2.43. The molecule has 0 aliphatic carbocycles. The molecule has 4 nitrogen and oxygen atoms in total. The number of carbonyl (C=O) groups is 2. The molecule has 1 N–H and O–H groups in total. The molecule has 0 saturated carbocycles. The first kappa shape index (κ1) is 19.8. The number of likely N-dealkylation sites (tertiary alicyclic amines) is 1. The summed E-state index contributed by atoms with van der Waals surface area (Å²) in [5, 5.41) is 2.90. The summed E-state index contributed by atoms with van der Waals surface area (Å²) in [5.74, 6) is -0.595. The van der Waals surface area contributed by atoms with Gasteiger partial charge in [0, 0.05) is 30.6 Å². The van der Waals surface area contributed by atoms with Crippen LogP contribution in [0, 0.1) is 11.7 Å². The van der Waals surface area contributed by atoms with E-state index in [1.165, 1.54) is 6.07 Å². The van der Waals surface area contributed by atoms with Crippen LogP contribution in [0.3, 0.4) is 0 Å². The van der Waals surface area contributed by atoms with Crippen molar-refractivity contribution in [1.29, 1.82) is 0 Å². The van der Waals surface area contributed by atoms with E-state index in [9.17, 15) is 14.0 Å². The van der Waals surface area contributed by atoms with Crippen LogP contribution in [0.4, 0.5) is 4.39 Å². The monoisotopic (exact) mass is 380 g/mol. The molecule has 1 heterocycles. The zero-order chi connectivity index (χ0) is 19.9. The highest BCUT2D eigenvalue weighted by Crippen LogP contribution is 2.21. The zero-order valence-corrected chi connectivity index (χ0v) is 16.0. The largest absolute Gasteiger partial charge is 0.349 e. The second-order valence-corrected chi connectivity index (χ2v) is 7.10. The van der Waals surface area contributed by atoms with Gasteiger partial charge in [-0.1, -0.05) is 48.5 Å². The molecule has 0 bridgehead atoms. The molecule has 5 heteroatoms. The number of benzene rings is 2. The molecule has 2 aromatic carbocycles. The van der Waals surface area contributed by atoms with Crippen molar-refractivity contribution < 1.29 is 14.0 Å². The third-order valence-corrected chi connectivity index (χ3v) is 5.13. The van der Waals surface area contributed by atoms with Crippen molar-refractivity contribution in [3.63, 3.8) is 0 Å². The van der Waals surface area contributed by atoms with Crippen molar-refractivity contribution in [2.75, 3.05) is 13.1 Å². The van der Waals surface area contributed by atoms with Crippen LogP contribution in [0.2, 0.25) is 0 Å². The molecule has 1 aliphatic rings. The lowest BCUT2D eigenvalue weighted by molar-refractivity contribution is -0.132. The first-order valence-electron chi connectivity index (χ1n) is 9.61. The van der Waals surface area contributed by atoms with Gasteiger partial charge < -0.3 is 10.2 Å². The topological polar surface area (TPSA) is 49.4 Å². The lowest BCUT2D eigenvalue weighted by Gasteiger charge is -2.31. The first-order chi connectivity index (χ1) is 13.5. The maximum absolute atomic E-state index is 13.9. The van der Waals surface area contributed by atoms with Crippen molar-refractivity contribution in [3.8, 4) is 0 Å². The molecule has 3 rings (SSSR count). The number of halogens is 1.